The molecule has 1 aromatic rings. The summed E-state index contributed by atoms with van der Waals surface area (Å²) in [5.41, 5.74) is 2.59. The van der Waals surface area contributed by atoms with E-state index in [1.807, 2.05) is 6.07 Å². The molecule has 0 bridgehead atoms. The average molecular weight is 283 g/mol. The molecule has 0 aromatic heterocycles. The van der Waals surface area contributed by atoms with Gasteiger partial charge in [0.25, 0.3) is 0 Å². The van der Waals surface area contributed by atoms with Crippen molar-refractivity contribution < 1.29 is 13.2 Å². The van der Waals surface area contributed by atoms with E-state index >= 15 is 0 Å². The van der Waals surface area contributed by atoms with Crippen LogP contribution in [0.4, 0.5) is 0 Å². The van der Waals surface area contributed by atoms with Crippen molar-refractivity contribution in [3.63, 3.8) is 0 Å². The van der Waals surface area contributed by atoms with Crippen molar-refractivity contribution >= 4 is 9.84 Å². The van der Waals surface area contributed by atoms with Crippen LogP contribution in [-0.2, 0) is 16.3 Å². The zero-order chi connectivity index (χ0) is 13.9. The first-order valence-electron chi connectivity index (χ1n) is 6.57. The molecule has 19 heavy (non-hydrogen) atoms. The second-order valence-electron chi connectivity index (χ2n) is 5.09. The van der Waals surface area contributed by atoms with Crippen LogP contribution in [0.15, 0.2) is 18.2 Å². The maximum Gasteiger partial charge on any atom is 0.147 e. The molecule has 0 saturated carbocycles. The molecule has 1 N–H and O–H groups in total. The molecule has 0 spiro atoms. The Hall–Kier alpha value is -1.07. The van der Waals surface area contributed by atoms with E-state index in [4.69, 9.17) is 4.74 Å². The minimum Gasteiger partial charge on any atom is -0.497 e. The first kappa shape index (κ1) is 14.3. The largest absolute Gasteiger partial charge is 0.497 e. The highest BCUT2D eigenvalue weighted by molar-refractivity contribution is 7.90. The summed E-state index contributed by atoms with van der Waals surface area (Å²) in [6.07, 6.45) is 3.84. The number of ether oxygens (including phenoxy) is 1. The molecule has 0 saturated heterocycles. The van der Waals surface area contributed by atoms with Gasteiger partial charge in [-0.1, -0.05) is 6.07 Å². The van der Waals surface area contributed by atoms with Crippen molar-refractivity contribution in [3.8, 4) is 5.75 Å². The fraction of sp³-hybridized carbons (Fsp3) is 0.571. The first-order chi connectivity index (χ1) is 8.99. The quantitative estimate of drug-likeness (QED) is 0.894. The predicted molar refractivity (Wildman–Crippen MR) is 76.4 cm³/mol. The smallest absolute Gasteiger partial charge is 0.147 e. The van der Waals surface area contributed by atoms with Gasteiger partial charge in [-0.05, 0) is 49.1 Å². The summed E-state index contributed by atoms with van der Waals surface area (Å²) < 4.78 is 27.6. The van der Waals surface area contributed by atoms with Gasteiger partial charge in [0.05, 0.1) is 7.11 Å². The SMILES string of the molecule is COc1ccc2c(c1)CCNC2CCCS(C)(=O)=O. The number of sulfone groups is 1. The Morgan fingerprint density at radius 3 is 2.89 bits per heavy atom. The summed E-state index contributed by atoms with van der Waals surface area (Å²) in [6, 6.07) is 6.40. The molecule has 1 heterocycles. The van der Waals surface area contributed by atoms with Gasteiger partial charge in [-0.3, -0.25) is 0 Å². The van der Waals surface area contributed by atoms with Crippen LogP contribution in [0.3, 0.4) is 0 Å². The zero-order valence-corrected chi connectivity index (χ0v) is 12.3. The molecule has 1 unspecified atom stereocenters. The monoisotopic (exact) mass is 283 g/mol. The van der Waals surface area contributed by atoms with E-state index < -0.39 is 9.84 Å². The summed E-state index contributed by atoms with van der Waals surface area (Å²) in [4.78, 5) is 0. The van der Waals surface area contributed by atoms with E-state index in [9.17, 15) is 8.42 Å². The Morgan fingerprint density at radius 1 is 1.42 bits per heavy atom. The number of nitrogens with one attached hydrogen (secondary N) is 1. The molecule has 0 aliphatic carbocycles. The molecule has 106 valence electrons. The third-order valence-electron chi connectivity index (χ3n) is 3.52. The van der Waals surface area contributed by atoms with Crippen LogP contribution in [0.2, 0.25) is 0 Å². The number of hydrogen-bond donors (Lipinski definition) is 1. The van der Waals surface area contributed by atoms with Gasteiger partial charge in [-0.15, -0.1) is 0 Å². The van der Waals surface area contributed by atoms with E-state index in [1.54, 1.807) is 7.11 Å². The number of rotatable bonds is 5. The summed E-state index contributed by atoms with van der Waals surface area (Å²) in [5, 5.41) is 3.46. The Bertz CT molecular complexity index is 540. The van der Waals surface area contributed by atoms with Crippen LogP contribution in [0, 0.1) is 0 Å². The number of hydrogen-bond acceptors (Lipinski definition) is 4. The Kier molecular flexibility index (Phi) is 4.47. The summed E-state index contributed by atoms with van der Waals surface area (Å²) >= 11 is 0. The minimum atomic E-state index is -2.86. The van der Waals surface area contributed by atoms with E-state index in [0.717, 1.165) is 25.1 Å². The van der Waals surface area contributed by atoms with Gasteiger partial charge in [-0.2, -0.15) is 0 Å². The molecule has 2 rings (SSSR count). The predicted octanol–water partition coefficient (Wildman–Crippen LogP) is 1.71. The minimum absolute atomic E-state index is 0.261. The van der Waals surface area contributed by atoms with E-state index in [-0.39, 0.29) is 11.8 Å². The highest BCUT2D eigenvalue weighted by Gasteiger charge is 2.20. The van der Waals surface area contributed by atoms with Gasteiger partial charge in [0.2, 0.25) is 0 Å². The van der Waals surface area contributed by atoms with Crippen molar-refractivity contribution in [2.75, 3.05) is 25.7 Å². The summed E-state index contributed by atoms with van der Waals surface area (Å²) in [5.74, 6) is 1.15. The van der Waals surface area contributed by atoms with Crippen LogP contribution in [-0.4, -0.2) is 34.1 Å². The van der Waals surface area contributed by atoms with Crippen LogP contribution in [0.1, 0.15) is 30.0 Å². The lowest BCUT2D eigenvalue weighted by Gasteiger charge is -2.27. The molecule has 5 heteroatoms. The van der Waals surface area contributed by atoms with Crippen molar-refractivity contribution in [2.24, 2.45) is 0 Å². The third-order valence-corrected chi connectivity index (χ3v) is 4.55. The van der Waals surface area contributed by atoms with Gasteiger partial charge >= 0.3 is 0 Å². The van der Waals surface area contributed by atoms with Crippen molar-refractivity contribution in [1.29, 1.82) is 0 Å². The molecule has 0 fully saturated rings. The lowest BCUT2D eigenvalue weighted by atomic mass is 9.91. The summed E-state index contributed by atoms with van der Waals surface area (Å²) in [7, 11) is -1.19. The first-order valence-corrected chi connectivity index (χ1v) is 8.63. The second-order valence-corrected chi connectivity index (χ2v) is 7.35. The average Bonchev–Trinajstić information content (AvgIpc) is 2.37. The fourth-order valence-corrected chi connectivity index (χ4v) is 3.25. The van der Waals surface area contributed by atoms with E-state index in [2.05, 4.69) is 17.4 Å². The molecule has 1 aliphatic rings. The summed E-state index contributed by atoms with van der Waals surface area (Å²) in [6.45, 7) is 0.934. The van der Waals surface area contributed by atoms with Crippen molar-refractivity contribution in [1.82, 2.24) is 5.32 Å². The van der Waals surface area contributed by atoms with Crippen LogP contribution in [0.25, 0.3) is 0 Å². The number of methoxy groups -OCH3 is 1. The number of benzene rings is 1. The van der Waals surface area contributed by atoms with E-state index in [1.165, 1.54) is 17.4 Å². The zero-order valence-electron chi connectivity index (χ0n) is 11.5. The second kappa shape index (κ2) is 5.92. The molecule has 0 radical (unpaired) electrons. The fourth-order valence-electron chi connectivity index (χ4n) is 2.56. The van der Waals surface area contributed by atoms with Crippen LogP contribution in [0.5, 0.6) is 5.75 Å². The third kappa shape index (κ3) is 3.94. The highest BCUT2D eigenvalue weighted by Crippen LogP contribution is 2.29. The maximum atomic E-state index is 11.2. The van der Waals surface area contributed by atoms with Crippen LogP contribution >= 0.6 is 0 Å². The Balaban J connectivity index is 2.05. The van der Waals surface area contributed by atoms with E-state index in [0.29, 0.717) is 6.42 Å². The molecule has 0 amide bonds. The van der Waals surface area contributed by atoms with Gasteiger partial charge < -0.3 is 10.1 Å². The normalized spacial score (nSPS) is 18.9. The van der Waals surface area contributed by atoms with Gasteiger partial charge in [0.15, 0.2) is 0 Å². The lowest BCUT2D eigenvalue weighted by Crippen LogP contribution is -2.30. The van der Waals surface area contributed by atoms with Gasteiger partial charge in [0, 0.05) is 18.1 Å². The molecule has 1 aromatic carbocycles. The Morgan fingerprint density at radius 2 is 2.21 bits per heavy atom. The molecule has 4 nitrogen and oxygen atoms in total. The molecule has 1 atom stereocenters. The van der Waals surface area contributed by atoms with Crippen molar-refractivity contribution in [2.45, 2.75) is 25.3 Å². The van der Waals surface area contributed by atoms with Gasteiger partial charge in [-0.25, -0.2) is 8.42 Å². The lowest BCUT2D eigenvalue weighted by molar-refractivity contribution is 0.411. The molecular formula is C14H21NO3S. The standard InChI is InChI=1S/C14H21NO3S/c1-18-12-5-6-13-11(10-12)7-8-15-14(13)4-3-9-19(2,16)17/h5-6,10,14-15H,3-4,7-9H2,1-2H3. The Labute approximate surface area is 115 Å². The topological polar surface area (TPSA) is 55.4 Å². The van der Waals surface area contributed by atoms with Crippen molar-refractivity contribution in [3.05, 3.63) is 29.3 Å². The maximum absolute atomic E-state index is 11.2. The van der Waals surface area contributed by atoms with Crippen LogP contribution < -0.4 is 10.1 Å². The molecule has 1 aliphatic heterocycles. The molecular weight excluding hydrogens is 262 g/mol. The van der Waals surface area contributed by atoms with Gasteiger partial charge in [0.1, 0.15) is 15.6 Å². The number of fused-ring (bicyclic) bond motifs is 1. The highest BCUT2D eigenvalue weighted by atomic mass is 32.2.